The van der Waals surface area contributed by atoms with E-state index in [1.807, 2.05) is 11.8 Å². The van der Waals surface area contributed by atoms with Crippen LogP contribution in [0.1, 0.15) is 23.0 Å². The maximum Gasteiger partial charge on any atom is 0.289 e. The lowest BCUT2D eigenvalue weighted by Gasteiger charge is -2.37. The fraction of sp³-hybridized carbons (Fsp3) is 0.316. The van der Waals surface area contributed by atoms with Gasteiger partial charge in [-0.25, -0.2) is 0 Å². The molecule has 7 heteroatoms. The van der Waals surface area contributed by atoms with Gasteiger partial charge in [0.15, 0.2) is 5.76 Å². The first-order chi connectivity index (χ1) is 12.6. The molecule has 7 nitrogen and oxygen atoms in total. The lowest BCUT2D eigenvalue weighted by atomic mass is 10.1. The zero-order chi connectivity index (χ0) is 18.5. The van der Waals surface area contributed by atoms with E-state index in [-0.39, 0.29) is 17.9 Å². The lowest BCUT2D eigenvalue weighted by molar-refractivity contribution is -0.121. The Morgan fingerprint density at radius 2 is 1.88 bits per heavy atom. The molecule has 1 aromatic carbocycles. The van der Waals surface area contributed by atoms with Gasteiger partial charge < -0.3 is 14.6 Å². The van der Waals surface area contributed by atoms with Crippen molar-refractivity contribution in [2.75, 3.05) is 31.5 Å². The lowest BCUT2D eigenvalue weighted by Crippen LogP contribution is -2.54. The van der Waals surface area contributed by atoms with Gasteiger partial charge >= 0.3 is 0 Å². The second-order valence-corrected chi connectivity index (χ2v) is 6.13. The van der Waals surface area contributed by atoms with Crippen molar-refractivity contribution < 1.29 is 14.0 Å². The maximum atomic E-state index is 12.5. The molecule has 1 aliphatic rings. The summed E-state index contributed by atoms with van der Waals surface area (Å²) < 4.78 is 5.15. The van der Waals surface area contributed by atoms with Crippen LogP contribution in [0, 0.1) is 11.3 Å². The number of nitrogens with zero attached hydrogens (tertiary/aromatic N) is 3. The first-order valence-corrected chi connectivity index (χ1v) is 8.47. The van der Waals surface area contributed by atoms with Gasteiger partial charge in [0.2, 0.25) is 5.91 Å². The van der Waals surface area contributed by atoms with E-state index in [0.29, 0.717) is 43.2 Å². The van der Waals surface area contributed by atoms with Crippen molar-refractivity contribution in [3.63, 3.8) is 0 Å². The Morgan fingerprint density at radius 1 is 1.15 bits per heavy atom. The number of carbonyl (C=O) groups excluding carboxylic acids is 2. The third-order valence-electron chi connectivity index (χ3n) is 4.57. The molecule has 0 unspecified atom stereocenters. The third-order valence-corrected chi connectivity index (χ3v) is 4.57. The Bertz CT molecular complexity index is 818. The van der Waals surface area contributed by atoms with E-state index in [9.17, 15) is 9.59 Å². The zero-order valence-electron chi connectivity index (χ0n) is 14.5. The van der Waals surface area contributed by atoms with Crippen LogP contribution in [0.4, 0.5) is 5.69 Å². The number of amides is 2. The van der Waals surface area contributed by atoms with Crippen LogP contribution in [-0.4, -0.2) is 53.8 Å². The van der Waals surface area contributed by atoms with Crippen LogP contribution in [0.25, 0.3) is 0 Å². The van der Waals surface area contributed by atoms with Crippen LogP contribution in [-0.2, 0) is 4.79 Å². The van der Waals surface area contributed by atoms with Gasteiger partial charge in [0.05, 0.1) is 23.6 Å². The smallest absolute Gasteiger partial charge is 0.289 e. The quantitative estimate of drug-likeness (QED) is 0.908. The standard InChI is InChI=1S/C19H20N4O3/c1-14(18(24)21-16-6-3-2-5-15(16)13-20)22-8-10-23(11-9-22)19(25)17-7-4-12-26-17/h2-7,12,14H,8-11H2,1H3,(H,21,24)/t14-/m1/s1. The third kappa shape index (κ3) is 3.76. The molecule has 2 aromatic rings. The average Bonchev–Trinajstić information content (AvgIpc) is 3.22. The summed E-state index contributed by atoms with van der Waals surface area (Å²) in [5.74, 6) is 0.0329. The van der Waals surface area contributed by atoms with E-state index in [1.165, 1.54) is 6.26 Å². The molecule has 2 amide bonds. The fourth-order valence-corrected chi connectivity index (χ4v) is 2.96. The molecule has 0 aliphatic carbocycles. The van der Waals surface area contributed by atoms with Crippen molar-refractivity contribution in [1.82, 2.24) is 9.80 Å². The number of para-hydroxylation sites is 1. The molecule has 1 N–H and O–H groups in total. The summed E-state index contributed by atoms with van der Waals surface area (Å²) in [6, 6.07) is 12.0. The second-order valence-electron chi connectivity index (χ2n) is 6.13. The summed E-state index contributed by atoms with van der Waals surface area (Å²) in [7, 11) is 0. The molecular weight excluding hydrogens is 332 g/mol. The summed E-state index contributed by atoms with van der Waals surface area (Å²) in [6.45, 7) is 4.09. The Hall–Kier alpha value is -3.11. The number of nitrogens with one attached hydrogen (secondary N) is 1. The molecule has 1 aliphatic heterocycles. The fourth-order valence-electron chi connectivity index (χ4n) is 2.96. The first kappa shape index (κ1) is 17.7. The Kier molecular flexibility index (Phi) is 5.34. The summed E-state index contributed by atoms with van der Waals surface area (Å²) in [4.78, 5) is 28.6. The van der Waals surface area contributed by atoms with Crippen LogP contribution in [0.2, 0.25) is 0 Å². The van der Waals surface area contributed by atoms with E-state index >= 15 is 0 Å². The van der Waals surface area contributed by atoms with Gasteiger partial charge in [0.25, 0.3) is 5.91 Å². The number of nitriles is 1. The van der Waals surface area contributed by atoms with Gasteiger partial charge in [-0.3, -0.25) is 14.5 Å². The van der Waals surface area contributed by atoms with E-state index in [0.717, 1.165) is 0 Å². The normalized spacial score (nSPS) is 15.9. The molecule has 0 bridgehead atoms. The Morgan fingerprint density at radius 3 is 2.54 bits per heavy atom. The number of anilines is 1. The van der Waals surface area contributed by atoms with Crippen LogP contribution < -0.4 is 5.32 Å². The largest absolute Gasteiger partial charge is 0.459 e. The highest BCUT2D eigenvalue weighted by Crippen LogP contribution is 2.16. The molecule has 0 spiro atoms. The summed E-state index contributed by atoms with van der Waals surface area (Å²) in [5, 5.41) is 11.9. The molecule has 0 saturated carbocycles. The van der Waals surface area contributed by atoms with Gasteiger partial charge in [-0.05, 0) is 31.2 Å². The molecular formula is C19H20N4O3. The number of hydrogen-bond acceptors (Lipinski definition) is 5. The van der Waals surface area contributed by atoms with Crippen molar-refractivity contribution in [2.45, 2.75) is 13.0 Å². The Balaban J connectivity index is 1.56. The minimum atomic E-state index is -0.359. The van der Waals surface area contributed by atoms with Crippen molar-refractivity contribution in [1.29, 1.82) is 5.26 Å². The highest BCUT2D eigenvalue weighted by Gasteiger charge is 2.28. The van der Waals surface area contributed by atoms with Crippen LogP contribution in [0.3, 0.4) is 0 Å². The van der Waals surface area contributed by atoms with E-state index in [4.69, 9.17) is 9.68 Å². The van der Waals surface area contributed by atoms with Crippen molar-refractivity contribution in [2.24, 2.45) is 0 Å². The second kappa shape index (κ2) is 7.85. The van der Waals surface area contributed by atoms with Gasteiger partial charge in [0, 0.05) is 26.2 Å². The van der Waals surface area contributed by atoms with Crippen LogP contribution in [0.5, 0.6) is 0 Å². The minimum absolute atomic E-state index is 0.130. The topological polar surface area (TPSA) is 89.6 Å². The maximum absolute atomic E-state index is 12.5. The van der Waals surface area contributed by atoms with Crippen LogP contribution in [0.15, 0.2) is 47.1 Å². The van der Waals surface area contributed by atoms with Crippen molar-refractivity contribution >= 4 is 17.5 Å². The highest BCUT2D eigenvalue weighted by atomic mass is 16.3. The van der Waals surface area contributed by atoms with Gasteiger partial charge in [-0.15, -0.1) is 0 Å². The van der Waals surface area contributed by atoms with Gasteiger partial charge in [-0.1, -0.05) is 12.1 Å². The molecule has 1 saturated heterocycles. The molecule has 3 rings (SSSR count). The zero-order valence-corrected chi connectivity index (χ0v) is 14.5. The molecule has 2 heterocycles. The summed E-state index contributed by atoms with van der Waals surface area (Å²) >= 11 is 0. The molecule has 0 radical (unpaired) electrons. The monoisotopic (exact) mass is 352 g/mol. The number of furan rings is 1. The molecule has 1 aromatic heterocycles. The minimum Gasteiger partial charge on any atom is -0.459 e. The van der Waals surface area contributed by atoms with Gasteiger partial charge in [0.1, 0.15) is 6.07 Å². The molecule has 1 fully saturated rings. The molecule has 134 valence electrons. The number of carbonyl (C=O) groups is 2. The number of hydrogen-bond donors (Lipinski definition) is 1. The number of benzene rings is 1. The van der Waals surface area contributed by atoms with Crippen LogP contribution >= 0.6 is 0 Å². The van der Waals surface area contributed by atoms with E-state index in [1.54, 1.807) is 41.3 Å². The van der Waals surface area contributed by atoms with E-state index in [2.05, 4.69) is 11.4 Å². The molecule has 1 atom stereocenters. The average molecular weight is 352 g/mol. The van der Waals surface area contributed by atoms with Crippen molar-refractivity contribution in [3.8, 4) is 6.07 Å². The summed E-state index contributed by atoms with van der Waals surface area (Å²) in [5.41, 5.74) is 0.945. The first-order valence-electron chi connectivity index (χ1n) is 8.47. The predicted octanol–water partition coefficient (Wildman–Crippen LogP) is 1.94. The van der Waals surface area contributed by atoms with E-state index < -0.39 is 0 Å². The molecule has 26 heavy (non-hydrogen) atoms. The SMILES string of the molecule is C[C@H](C(=O)Nc1ccccc1C#N)N1CCN(C(=O)c2ccco2)CC1. The predicted molar refractivity (Wildman–Crippen MR) is 95.4 cm³/mol. The Labute approximate surface area is 151 Å². The number of piperazine rings is 1. The number of rotatable bonds is 4. The van der Waals surface area contributed by atoms with Gasteiger partial charge in [-0.2, -0.15) is 5.26 Å². The highest BCUT2D eigenvalue weighted by molar-refractivity contribution is 5.95. The van der Waals surface area contributed by atoms with Crippen molar-refractivity contribution in [3.05, 3.63) is 54.0 Å². The summed E-state index contributed by atoms with van der Waals surface area (Å²) in [6.07, 6.45) is 1.48.